The third-order valence-electron chi connectivity index (χ3n) is 2.23. The van der Waals surface area contributed by atoms with Crippen molar-refractivity contribution in [1.29, 1.82) is 0 Å². The second kappa shape index (κ2) is 4.07. The highest BCUT2D eigenvalue weighted by Crippen LogP contribution is 2.19. The molecule has 1 rings (SSSR count). The lowest BCUT2D eigenvalue weighted by molar-refractivity contribution is 0.539. The summed E-state index contributed by atoms with van der Waals surface area (Å²) in [5.74, 6) is 0.951. The minimum Gasteiger partial charge on any atom is -0.241 e. The normalized spacial score (nSPS) is 11.8. The standard InChI is InChI=1S/C12H20N2/c1-6-7-10-9(2)8-13-11(14-10)12(3,4)5/h8H,6-7H2,1-5H3. The number of aryl methyl sites for hydroxylation is 2. The maximum absolute atomic E-state index is 4.62. The lowest BCUT2D eigenvalue weighted by Gasteiger charge is -2.17. The summed E-state index contributed by atoms with van der Waals surface area (Å²) >= 11 is 0. The molecule has 0 aliphatic carbocycles. The fourth-order valence-corrected chi connectivity index (χ4v) is 1.33. The summed E-state index contributed by atoms with van der Waals surface area (Å²) in [4.78, 5) is 9.00. The Balaban J connectivity index is 3.06. The first-order valence-electron chi connectivity index (χ1n) is 5.28. The summed E-state index contributed by atoms with van der Waals surface area (Å²) in [7, 11) is 0. The van der Waals surface area contributed by atoms with Gasteiger partial charge in [-0.1, -0.05) is 34.1 Å². The predicted octanol–water partition coefficient (Wildman–Crippen LogP) is 3.04. The largest absolute Gasteiger partial charge is 0.241 e. The van der Waals surface area contributed by atoms with Crippen molar-refractivity contribution < 1.29 is 0 Å². The van der Waals surface area contributed by atoms with E-state index in [4.69, 9.17) is 0 Å². The van der Waals surface area contributed by atoms with E-state index in [-0.39, 0.29) is 5.41 Å². The van der Waals surface area contributed by atoms with E-state index >= 15 is 0 Å². The molecule has 0 N–H and O–H groups in total. The van der Waals surface area contributed by atoms with E-state index < -0.39 is 0 Å². The molecule has 0 bridgehead atoms. The molecule has 2 heteroatoms. The molecule has 0 saturated carbocycles. The Labute approximate surface area is 86.8 Å². The first-order chi connectivity index (χ1) is 6.45. The fraction of sp³-hybridized carbons (Fsp3) is 0.667. The molecular formula is C12H20N2. The second-order valence-corrected chi connectivity index (χ2v) is 4.82. The predicted molar refractivity (Wildman–Crippen MR) is 59.5 cm³/mol. The molecule has 0 aliphatic rings. The molecule has 0 spiro atoms. The molecule has 0 fully saturated rings. The van der Waals surface area contributed by atoms with E-state index in [1.165, 1.54) is 11.3 Å². The zero-order chi connectivity index (χ0) is 10.8. The van der Waals surface area contributed by atoms with E-state index in [9.17, 15) is 0 Å². The highest BCUT2D eigenvalue weighted by Gasteiger charge is 2.17. The maximum atomic E-state index is 4.62. The number of hydrogen-bond donors (Lipinski definition) is 0. The van der Waals surface area contributed by atoms with Gasteiger partial charge in [0.1, 0.15) is 5.82 Å². The number of nitrogens with zero attached hydrogens (tertiary/aromatic N) is 2. The van der Waals surface area contributed by atoms with E-state index in [0.717, 1.165) is 18.7 Å². The van der Waals surface area contributed by atoms with Crippen molar-refractivity contribution in [2.75, 3.05) is 0 Å². The summed E-state index contributed by atoms with van der Waals surface area (Å²) in [6.45, 7) is 10.7. The summed E-state index contributed by atoms with van der Waals surface area (Å²) in [5, 5.41) is 0. The Morgan fingerprint density at radius 3 is 2.43 bits per heavy atom. The molecule has 0 aliphatic heterocycles. The SMILES string of the molecule is CCCc1nc(C(C)(C)C)ncc1C. The minimum atomic E-state index is 0.0518. The summed E-state index contributed by atoms with van der Waals surface area (Å²) in [6, 6.07) is 0. The van der Waals surface area contributed by atoms with Crippen molar-refractivity contribution in [2.24, 2.45) is 0 Å². The van der Waals surface area contributed by atoms with Gasteiger partial charge in [0.2, 0.25) is 0 Å². The van der Waals surface area contributed by atoms with Gasteiger partial charge in [-0.25, -0.2) is 9.97 Å². The van der Waals surface area contributed by atoms with Crippen LogP contribution in [0.5, 0.6) is 0 Å². The monoisotopic (exact) mass is 192 g/mol. The lowest BCUT2D eigenvalue weighted by atomic mass is 9.95. The van der Waals surface area contributed by atoms with E-state index in [1.807, 2.05) is 6.20 Å². The molecular weight excluding hydrogens is 172 g/mol. The smallest absolute Gasteiger partial charge is 0.133 e. The number of hydrogen-bond acceptors (Lipinski definition) is 2. The van der Waals surface area contributed by atoms with Gasteiger partial charge in [0.15, 0.2) is 0 Å². The van der Waals surface area contributed by atoms with E-state index in [2.05, 4.69) is 44.6 Å². The topological polar surface area (TPSA) is 25.8 Å². The van der Waals surface area contributed by atoms with Gasteiger partial charge >= 0.3 is 0 Å². The Bertz CT molecular complexity index is 311. The van der Waals surface area contributed by atoms with Gasteiger partial charge < -0.3 is 0 Å². The van der Waals surface area contributed by atoms with Crippen molar-refractivity contribution in [3.63, 3.8) is 0 Å². The van der Waals surface area contributed by atoms with Crippen LogP contribution in [-0.2, 0) is 11.8 Å². The van der Waals surface area contributed by atoms with Crippen LogP contribution in [0.4, 0.5) is 0 Å². The van der Waals surface area contributed by atoms with Gasteiger partial charge in [0, 0.05) is 17.3 Å². The first-order valence-corrected chi connectivity index (χ1v) is 5.28. The van der Waals surface area contributed by atoms with Gasteiger partial charge in [-0.3, -0.25) is 0 Å². The molecule has 0 atom stereocenters. The Hall–Kier alpha value is -0.920. The Morgan fingerprint density at radius 2 is 1.93 bits per heavy atom. The summed E-state index contributed by atoms with van der Waals surface area (Å²) in [5.41, 5.74) is 2.46. The quantitative estimate of drug-likeness (QED) is 0.719. The van der Waals surface area contributed by atoms with Gasteiger partial charge in [0.25, 0.3) is 0 Å². The van der Waals surface area contributed by atoms with E-state index in [1.54, 1.807) is 0 Å². The van der Waals surface area contributed by atoms with Gasteiger partial charge in [0.05, 0.1) is 0 Å². The van der Waals surface area contributed by atoms with Crippen LogP contribution in [0.25, 0.3) is 0 Å². The average Bonchev–Trinajstić information content (AvgIpc) is 2.07. The van der Waals surface area contributed by atoms with Crippen molar-refractivity contribution >= 4 is 0 Å². The summed E-state index contributed by atoms with van der Waals surface area (Å²) in [6.07, 6.45) is 4.14. The fourth-order valence-electron chi connectivity index (χ4n) is 1.33. The zero-order valence-electron chi connectivity index (χ0n) is 9.89. The van der Waals surface area contributed by atoms with Crippen molar-refractivity contribution in [1.82, 2.24) is 9.97 Å². The molecule has 0 aromatic carbocycles. The second-order valence-electron chi connectivity index (χ2n) is 4.82. The third kappa shape index (κ3) is 2.53. The third-order valence-corrected chi connectivity index (χ3v) is 2.23. The van der Waals surface area contributed by atoms with Crippen LogP contribution in [0.2, 0.25) is 0 Å². The van der Waals surface area contributed by atoms with Crippen molar-refractivity contribution in [2.45, 2.75) is 52.9 Å². The number of rotatable bonds is 2. The van der Waals surface area contributed by atoms with Crippen LogP contribution in [0.15, 0.2) is 6.20 Å². The molecule has 0 amide bonds. The molecule has 2 nitrogen and oxygen atoms in total. The van der Waals surface area contributed by atoms with Crippen molar-refractivity contribution in [3.05, 3.63) is 23.3 Å². The van der Waals surface area contributed by atoms with Crippen LogP contribution in [0, 0.1) is 6.92 Å². The maximum Gasteiger partial charge on any atom is 0.133 e. The first kappa shape index (κ1) is 11.2. The van der Waals surface area contributed by atoms with Gasteiger partial charge in [-0.2, -0.15) is 0 Å². The highest BCUT2D eigenvalue weighted by atomic mass is 14.9. The molecule has 1 aromatic rings. The molecule has 14 heavy (non-hydrogen) atoms. The summed E-state index contributed by atoms with van der Waals surface area (Å²) < 4.78 is 0. The molecule has 0 unspecified atom stereocenters. The molecule has 0 saturated heterocycles. The van der Waals surface area contributed by atoms with Crippen LogP contribution in [-0.4, -0.2) is 9.97 Å². The van der Waals surface area contributed by atoms with Crippen LogP contribution < -0.4 is 0 Å². The Morgan fingerprint density at radius 1 is 1.29 bits per heavy atom. The van der Waals surface area contributed by atoms with Crippen LogP contribution in [0.3, 0.4) is 0 Å². The van der Waals surface area contributed by atoms with Crippen LogP contribution >= 0.6 is 0 Å². The molecule has 1 aromatic heterocycles. The molecule has 0 radical (unpaired) electrons. The average molecular weight is 192 g/mol. The zero-order valence-corrected chi connectivity index (χ0v) is 9.89. The highest BCUT2D eigenvalue weighted by molar-refractivity contribution is 5.18. The molecule has 1 heterocycles. The van der Waals surface area contributed by atoms with Gasteiger partial charge in [-0.05, 0) is 18.9 Å². The number of aromatic nitrogens is 2. The minimum absolute atomic E-state index is 0.0518. The Kier molecular flexibility index (Phi) is 3.25. The lowest BCUT2D eigenvalue weighted by Crippen LogP contribution is -2.17. The van der Waals surface area contributed by atoms with E-state index in [0.29, 0.717) is 0 Å². The van der Waals surface area contributed by atoms with Gasteiger partial charge in [-0.15, -0.1) is 0 Å². The van der Waals surface area contributed by atoms with Crippen LogP contribution in [0.1, 0.15) is 51.2 Å². The van der Waals surface area contributed by atoms with Crippen molar-refractivity contribution in [3.8, 4) is 0 Å². The molecule has 78 valence electrons.